The van der Waals surface area contributed by atoms with E-state index in [1.807, 2.05) is 5.09 Å². The molecule has 21 nitrogen and oxygen atoms in total. The van der Waals surface area contributed by atoms with Crippen LogP contribution in [0.25, 0.3) is 21.6 Å². The molecule has 8 N–H and O–H groups in total. The van der Waals surface area contributed by atoms with Crippen molar-refractivity contribution in [3.8, 4) is 0 Å². The summed E-state index contributed by atoms with van der Waals surface area (Å²) in [5.74, 6) is 0.0483. The van der Waals surface area contributed by atoms with Crippen molar-refractivity contribution in [2.45, 2.75) is 50.2 Å². The highest BCUT2D eigenvalue weighted by Crippen LogP contribution is 2.66. The van der Waals surface area contributed by atoms with Gasteiger partial charge in [-0.3, -0.25) is 9.09 Å². The van der Waals surface area contributed by atoms with Gasteiger partial charge >= 0.3 is 23.4 Å². The number of phosphoric acid groups is 2. The second-order valence-electron chi connectivity index (χ2n) is 8.32. The minimum atomic E-state index is -5.63. The maximum atomic E-state index is 12.2. The van der Waals surface area contributed by atoms with Gasteiger partial charge in [-0.25, -0.2) is 33.7 Å². The Morgan fingerprint density at radius 2 is 1.80 bits per heavy atom. The number of fused-ring (bicyclic) bond motifs is 1. The van der Waals surface area contributed by atoms with E-state index in [4.69, 9.17) is 16.0 Å². The number of nitrogens with zero attached hydrogens (tertiary/aromatic N) is 7. The normalized spacial score (nSPS) is 25.6. The van der Waals surface area contributed by atoms with Crippen LogP contribution in [0.3, 0.4) is 0 Å². The topological polar surface area (TPSA) is 320 Å². The highest BCUT2D eigenvalue weighted by molar-refractivity contribution is 7.67. The van der Waals surface area contributed by atoms with Gasteiger partial charge in [0.15, 0.2) is 17.7 Å². The third kappa shape index (κ3) is 8.97. The Labute approximate surface area is 225 Å². The molecule has 1 aliphatic heterocycles. The highest BCUT2D eigenvalue weighted by Gasteiger charge is 2.47. The van der Waals surface area contributed by atoms with Gasteiger partial charge in [0.1, 0.15) is 30.2 Å². The number of imidazole rings is 1. The highest BCUT2D eigenvalue weighted by atomic mass is 31.3. The van der Waals surface area contributed by atoms with Crippen molar-refractivity contribution in [3.63, 3.8) is 0 Å². The van der Waals surface area contributed by atoms with Crippen molar-refractivity contribution < 1.29 is 56.5 Å². The Morgan fingerprint density at radius 3 is 2.52 bits per heavy atom. The zero-order valence-corrected chi connectivity index (χ0v) is 23.2. The summed E-state index contributed by atoms with van der Waals surface area (Å²) in [5.41, 5.74) is 14.3. The Bertz CT molecular complexity index is 1360. The molecule has 0 aromatic carbocycles. The Kier molecular flexibility index (Phi) is 11.2. The number of ether oxygens (including phenoxy) is 1. The number of rotatable bonds is 16. The first-order chi connectivity index (χ1) is 18.8. The van der Waals surface area contributed by atoms with Crippen LogP contribution >= 0.6 is 23.4 Å². The molecule has 224 valence electrons. The molecule has 3 rings (SSSR count). The number of phosphoric ester groups is 1. The van der Waals surface area contributed by atoms with Crippen LogP contribution in [0.1, 0.15) is 31.9 Å². The lowest BCUT2D eigenvalue weighted by Crippen LogP contribution is -2.33. The van der Waals surface area contributed by atoms with E-state index in [-0.39, 0.29) is 23.5 Å². The van der Waals surface area contributed by atoms with Crippen LogP contribution in [0.4, 0.5) is 5.82 Å². The molecule has 0 spiro atoms. The van der Waals surface area contributed by atoms with E-state index >= 15 is 0 Å². The molecule has 2 aromatic heterocycles. The lowest BCUT2D eigenvalue weighted by Gasteiger charge is -2.20. The molecule has 0 amide bonds. The SMILES string of the molecule is [N-]=[N+]=NCCCCCCNP(=O)(O)OP(=O)(O)OP(=O)(O)OC[C@H]1O[C@@H](n2cnc3c(N)ncnc32)[C@H](O)[C@@H]1O. The van der Waals surface area contributed by atoms with Crippen molar-refractivity contribution in [3.05, 3.63) is 23.1 Å². The monoisotopic (exact) mass is 631 g/mol. The fraction of sp³-hybridized carbons (Fsp3) is 0.688. The molecule has 1 saturated heterocycles. The number of aliphatic hydroxyl groups is 2. The minimum absolute atomic E-state index is 0.0483. The number of nitrogens with one attached hydrogen (secondary N) is 1. The standard InChI is InChI=1S/C16H28N9O12P3/c17-14-11-15(20-8-19-14)25(9-21-11)16-13(27)12(26)10(35-16)7-34-39(30,31)37-40(32,33)36-38(28,29)23-6-4-2-1-3-5-22-24-18/h8-10,12-13,16,26-27H,1-7H2,(H,30,31)(H,32,33)(H2,17,19,20)(H2,23,28,29)/t10-,12-,13-,16-/m1/s1. The van der Waals surface area contributed by atoms with Gasteiger partial charge in [-0.1, -0.05) is 18.0 Å². The van der Waals surface area contributed by atoms with Gasteiger partial charge in [0, 0.05) is 18.0 Å². The third-order valence-corrected chi connectivity index (χ3v) is 9.84. The summed E-state index contributed by atoms with van der Waals surface area (Å²) in [7, 11) is -16.0. The minimum Gasteiger partial charge on any atom is -0.387 e. The van der Waals surface area contributed by atoms with Crippen LogP contribution in [-0.2, 0) is 31.6 Å². The molecular weight excluding hydrogens is 603 g/mol. The Hall–Kier alpha value is -2.05. The molecule has 2 aromatic rings. The quantitative estimate of drug-likeness (QED) is 0.0443. The summed E-state index contributed by atoms with van der Waals surface area (Å²) in [5, 5.41) is 26.1. The van der Waals surface area contributed by atoms with E-state index in [9.17, 15) is 38.6 Å². The van der Waals surface area contributed by atoms with E-state index < -0.39 is 54.5 Å². The van der Waals surface area contributed by atoms with E-state index in [1.165, 1.54) is 10.9 Å². The lowest BCUT2D eigenvalue weighted by atomic mass is 10.1. The number of hydrogen-bond acceptors (Lipinski definition) is 14. The van der Waals surface area contributed by atoms with Gasteiger partial charge in [-0.15, -0.1) is 0 Å². The van der Waals surface area contributed by atoms with Crippen molar-refractivity contribution in [2.24, 2.45) is 5.11 Å². The number of aromatic nitrogens is 4. The smallest absolute Gasteiger partial charge is 0.387 e. The molecule has 0 aliphatic carbocycles. The maximum absolute atomic E-state index is 12.2. The van der Waals surface area contributed by atoms with E-state index in [2.05, 4.69) is 38.1 Å². The van der Waals surface area contributed by atoms with Gasteiger partial charge in [-0.2, -0.15) is 8.62 Å². The number of hydrogen-bond donors (Lipinski definition) is 7. The zero-order valence-electron chi connectivity index (χ0n) is 20.6. The summed E-state index contributed by atoms with van der Waals surface area (Å²) < 4.78 is 55.9. The van der Waals surface area contributed by atoms with Crippen LogP contribution in [0.2, 0.25) is 0 Å². The summed E-state index contributed by atoms with van der Waals surface area (Å²) >= 11 is 0. The Balaban J connectivity index is 1.50. The van der Waals surface area contributed by atoms with Crippen LogP contribution in [0, 0.1) is 0 Å². The molecule has 0 saturated carbocycles. The van der Waals surface area contributed by atoms with Crippen LogP contribution < -0.4 is 10.8 Å². The second-order valence-corrected chi connectivity index (χ2v) is 13.1. The predicted octanol–water partition coefficient (Wildman–Crippen LogP) is 0.839. The number of anilines is 1. The van der Waals surface area contributed by atoms with Gasteiger partial charge in [0.25, 0.3) is 0 Å². The largest absolute Gasteiger partial charge is 0.489 e. The average molecular weight is 631 g/mol. The molecule has 3 unspecified atom stereocenters. The van der Waals surface area contributed by atoms with Crippen LogP contribution in [0.5, 0.6) is 0 Å². The zero-order chi connectivity index (χ0) is 29.6. The first-order valence-electron chi connectivity index (χ1n) is 11.5. The van der Waals surface area contributed by atoms with E-state index in [0.29, 0.717) is 32.2 Å². The molecule has 7 atom stereocenters. The van der Waals surface area contributed by atoms with Gasteiger partial charge in [-0.05, 0) is 18.4 Å². The lowest BCUT2D eigenvalue weighted by molar-refractivity contribution is -0.0503. The molecule has 3 heterocycles. The second kappa shape index (κ2) is 13.7. The summed E-state index contributed by atoms with van der Waals surface area (Å²) in [4.78, 5) is 43.7. The van der Waals surface area contributed by atoms with Crippen molar-refractivity contribution in [2.75, 3.05) is 25.4 Å². The third-order valence-electron chi connectivity index (χ3n) is 5.38. The molecule has 1 fully saturated rings. The van der Waals surface area contributed by atoms with E-state index in [0.717, 1.165) is 6.33 Å². The average Bonchev–Trinajstić information content (AvgIpc) is 3.40. The number of nitrogen functional groups attached to an aromatic ring is 1. The summed E-state index contributed by atoms with van der Waals surface area (Å²) in [6.45, 7) is -0.742. The maximum Gasteiger partial charge on any atom is 0.489 e. The van der Waals surface area contributed by atoms with Gasteiger partial charge in [0.05, 0.1) is 12.9 Å². The number of unbranched alkanes of at least 4 members (excludes halogenated alkanes) is 3. The van der Waals surface area contributed by atoms with Crippen LogP contribution in [0.15, 0.2) is 17.8 Å². The van der Waals surface area contributed by atoms with Crippen molar-refractivity contribution >= 4 is 40.4 Å². The van der Waals surface area contributed by atoms with E-state index in [1.54, 1.807) is 0 Å². The molecule has 24 heteroatoms. The number of azide groups is 1. The predicted molar refractivity (Wildman–Crippen MR) is 134 cm³/mol. The molecule has 0 bridgehead atoms. The van der Waals surface area contributed by atoms with Gasteiger partial charge in [0.2, 0.25) is 0 Å². The molecule has 40 heavy (non-hydrogen) atoms. The first-order valence-corrected chi connectivity index (χ1v) is 16.1. The molecular formula is C16H28N9O12P3. The number of nitrogens with two attached hydrogens (primary N) is 1. The fourth-order valence-corrected chi connectivity index (χ4v) is 7.33. The van der Waals surface area contributed by atoms with Crippen molar-refractivity contribution in [1.29, 1.82) is 0 Å². The molecule has 0 radical (unpaired) electrons. The Morgan fingerprint density at radius 1 is 1.07 bits per heavy atom. The fourth-order valence-electron chi connectivity index (χ4n) is 3.58. The number of aliphatic hydroxyl groups excluding tert-OH is 2. The first kappa shape index (κ1) is 32.5. The van der Waals surface area contributed by atoms with Crippen molar-refractivity contribution in [1.82, 2.24) is 24.6 Å². The summed E-state index contributed by atoms with van der Waals surface area (Å²) in [6, 6.07) is 0. The summed E-state index contributed by atoms with van der Waals surface area (Å²) in [6.07, 6.45) is -1.45. The van der Waals surface area contributed by atoms with Gasteiger partial charge < -0.3 is 35.4 Å². The molecule has 1 aliphatic rings. The van der Waals surface area contributed by atoms with Crippen LogP contribution in [-0.4, -0.2) is 82.4 Å².